The van der Waals surface area contributed by atoms with Gasteiger partial charge in [0, 0.05) is 0 Å². The van der Waals surface area contributed by atoms with E-state index >= 15 is 0 Å². The van der Waals surface area contributed by atoms with Gasteiger partial charge in [0.1, 0.15) is 5.76 Å². The molecule has 1 unspecified atom stereocenters. The highest BCUT2D eigenvalue weighted by Gasteiger charge is 2.21. The molecule has 0 spiro atoms. The average Bonchev–Trinajstić information content (AvgIpc) is 2.83. The van der Waals surface area contributed by atoms with E-state index in [4.69, 9.17) is 9.52 Å². The maximum Gasteiger partial charge on any atom is 0.328 e. The van der Waals surface area contributed by atoms with Crippen LogP contribution >= 0.6 is 0 Å². The zero-order valence-corrected chi connectivity index (χ0v) is 8.78. The zero-order valence-electron chi connectivity index (χ0n) is 8.78. The van der Waals surface area contributed by atoms with Crippen molar-refractivity contribution in [2.45, 2.75) is 19.9 Å². The number of carboxylic acid groups (broad SMARTS) is 1. The SMILES string of the molecule is Cc1ccc(-c2nnnn2C(C)C(=O)O)o1. The molecule has 1 N–H and O–H groups in total. The number of aromatic nitrogens is 4. The summed E-state index contributed by atoms with van der Waals surface area (Å²) in [4.78, 5) is 10.8. The van der Waals surface area contributed by atoms with Crippen LogP contribution in [0, 0.1) is 6.92 Å². The van der Waals surface area contributed by atoms with Crippen LogP contribution in [0.2, 0.25) is 0 Å². The minimum absolute atomic E-state index is 0.308. The monoisotopic (exact) mass is 222 g/mol. The van der Waals surface area contributed by atoms with Gasteiger partial charge in [0.05, 0.1) is 0 Å². The first-order valence-corrected chi connectivity index (χ1v) is 4.67. The van der Waals surface area contributed by atoms with E-state index < -0.39 is 12.0 Å². The van der Waals surface area contributed by atoms with Gasteiger partial charge < -0.3 is 9.52 Å². The van der Waals surface area contributed by atoms with Gasteiger partial charge in [-0.2, -0.15) is 0 Å². The summed E-state index contributed by atoms with van der Waals surface area (Å²) >= 11 is 0. The Hall–Kier alpha value is -2.18. The molecule has 0 amide bonds. The molecule has 0 aliphatic rings. The molecule has 0 radical (unpaired) electrons. The molecule has 0 fully saturated rings. The minimum Gasteiger partial charge on any atom is -0.480 e. The Morgan fingerprint density at radius 1 is 1.56 bits per heavy atom. The molecule has 2 heterocycles. The summed E-state index contributed by atoms with van der Waals surface area (Å²) in [6.07, 6.45) is 0. The second-order valence-corrected chi connectivity index (χ2v) is 3.37. The van der Waals surface area contributed by atoms with Crippen LogP contribution < -0.4 is 0 Å². The van der Waals surface area contributed by atoms with Crippen molar-refractivity contribution in [3.63, 3.8) is 0 Å². The molecular formula is C9H10N4O3. The third-order valence-electron chi connectivity index (χ3n) is 2.18. The summed E-state index contributed by atoms with van der Waals surface area (Å²) in [5, 5.41) is 19.7. The highest BCUT2D eigenvalue weighted by Crippen LogP contribution is 2.21. The lowest BCUT2D eigenvalue weighted by Crippen LogP contribution is -2.17. The molecule has 0 aliphatic heterocycles. The van der Waals surface area contributed by atoms with Crippen molar-refractivity contribution in [3.05, 3.63) is 17.9 Å². The molecule has 7 heteroatoms. The van der Waals surface area contributed by atoms with E-state index in [0.29, 0.717) is 17.3 Å². The molecule has 0 saturated carbocycles. The summed E-state index contributed by atoms with van der Waals surface area (Å²) in [5.74, 6) is 0.475. The fourth-order valence-corrected chi connectivity index (χ4v) is 1.28. The second-order valence-electron chi connectivity index (χ2n) is 3.37. The summed E-state index contributed by atoms with van der Waals surface area (Å²) in [6, 6.07) is 2.63. The van der Waals surface area contributed by atoms with Crippen LogP contribution in [0.4, 0.5) is 0 Å². The standard InChI is InChI=1S/C9H10N4O3/c1-5-3-4-7(16-5)8-10-11-12-13(8)6(2)9(14)15/h3-4,6H,1-2H3,(H,14,15). The van der Waals surface area contributed by atoms with Gasteiger partial charge in [-0.15, -0.1) is 5.10 Å². The molecule has 0 aromatic carbocycles. The van der Waals surface area contributed by atoms with Gasteiger partial charge in [-0.1, -0.05) is 0 Å². The van der Waals surface area contributed by atoms with Gasteiger partial charge in [-0.25, -0.2) is 9.48 Å². The Balaban J connectivity index is 2.43. The van der Waals surface area contributed by atoms with Gasteiger partial charge in [-0.05, 0) is 36.4 Å². The molecule has 2 aromatic rings. The highest BCUT2D eigenvalue weighted by molar-refractivity contribution is 5.72. The number of carbonyl (C=O) groups is 1. The van der Waals surface area contributed by atoms with E-state index in [1.54, 1.807) is 19.1 Å². The predicted octanol–water partition coefficient (Wildman–Crippen LogP) is 0.887. The van der Waals surface area contributed by atoms with E-state index in [0.717, 1.165) is 0 Å². The number of furan rings is 1. The topological polar surface area (TPSA) is 94.0 Å². The van der Waals surface area contributed by atoms with Crippen molar-refractivity contribution >= 4 is 5.97 Å². The fourth-order valence-electron chi connectivity index (χ4n) is 1.28. The van der Waals surface area contributed by atoms with Crippen molar-refractivity contribution in [2.24, 2.45) is 0 Å². The molecule has 0 bridgehead atoms. The van der Waals surface area contributed by atoms with Gasteiger partial charge in [0.2, 0.25) is 5.82 Å². The molecule has 2 aromatic heterocycles. The quantitative estimate of drug-likeness (QED) is 0.828. The van der Waals surface area contributed by atoms with E-state index in [1.165, 1.54) is 11.6 Å². The molecule has 7 nitrogen and oxygen atoms in total. The van der Waals surface area contributed by atoms with E-state index in [2.05, 4.69) is 15.5 Å². The Kier molecular flexibility index (Phi) is 2.43. The molecule has 0 aliphatic carbocycles. The van der Waals surface area contributed by atoms with E-state index in [9.17, 15) is 4.79 Å². The molecule has 1 atom stereocenters. The summed E-state index contributed by atoms with van der Waals surface area (Å²) in [7, 11) is 0. The lowest BCUT2D eigenvalue weighted by Gasteiger charge is -2.06. The Bertz CT molecular complexity index is 516. The summed E-state index contributed by atoms with van der Waals surface area (Å²) in [6.45, 7) is 3.29. The minimum atomic E-state index is -1.00. The zero-order chi connectivity index (χ0) is 11.7. The molecule has 16 heavy (non-hydrogen) atoms. The number of aliphatic carboxylic acids is 1. The van der Waals surface area contributed by atoms with Crippen LogP contribution in [0.1, 0.15) is 18.7 Å². The number of aryl methyl sites for hydroxylation is 1. The normalized spacial score (nSPS) is 12.6. The van der Waals surface area contributed by atoms with Crippen LogP contribution in [0.5, 0.6) is 0 Å². The largest absolute Gasteiger partial charge is 0.480 e. The van der Waals surface area contributed by atoms with Crippen LogP contribution in [-0.4, -0.2) is 31.3 Å². The maximum atomic E-state index is 10.8. The van der Waals surface area contributed by atoms with Crippen molar-refractivity contribution in [2.75, 3.05) is 0 Å². The summed E-state index contributed by atoms with van der Waals surface area (Å²) in [5.41, 5.74) is 0. The third-order valence-corrected chi connectivity index (χ3v) is 2.18. The molecule has 0 saturated heterocycles. The van der Waals surface area contributed by atoms with Crippen molar-refractivity contribution in [3.8, 4) is 11.6 Å². The second kappa shape index (κ2) is 3.76. The van der Waals surface area contributed by atoms with Gasteiger partial charge >= 0.3 is 5.97 Å². The molecule has 2 rings (SSSR count). The first kappa shape index (κ1) is 10.3. The number of rotatable bonds is 3. The lowest BCUT2D eigenvalue weighted by atomic mass is 10.3. The first-order valence-electron chi connectivity index (χ1n) is 4.67. The van der Waals surface area contributed by atoms with Crippen LogP contribution in [0.3, 0.4) is 0 Å². The Morgan fingerprint density at radius 2 is 2.31 bits per heavy atom. The first-order chi connectivity index (χ1) is 7.59. The van der Waals surface area contributed by atoms with Gasteiger partial charge in [0.25, 0.3) is 0 Å². The summed E-state index contributed by atoms with van der Waals surface area (Å²) < 4.78 is 6.55. The molecule has 84 valence electrons. The third kappa shape index (κ3) is 1.67. The lowest BCUT2D eigenvalue weighted by molar-refractivity contribution is -0.140. The van der Waals surface area contributed by atoms with Crippen LogP contribution in [-0.2, 0) is 4.79 Å². The Labute approximate surface area is 90.7 Å². The maximum absolute atomic E-state index is 10.8. The number of hydrogen-bond donors (Lipinski definition) is 1. The number of tetrazole rings is 1. The smallest absolute Gasteiger partial charge is 0.328 e. The average molecular weight is 222 g/mol. The number of carboxylic acids is 1. The molecular weight excluding hydrogens is 212 g/mol. The predicted molar refractivity (Wildman–Crippen MR) is 52.6 cm³/mol. The Morgan fingerprint density at radius 3 is 2.88 bits per heavy atom. The number of nitrogens with zero attached hydrogens (tertiary/aromatic N) is 4. The fraction of sp³-hybridized carbons (Fsp3) is 0.333. The van der Waals surface area contributed by atoms with E-state index in [1.807, 2.05) is 0 Å². The van der Waals surface area contributed by atoms with Crippen molar-refractivity contribution in [1.82, 2.24) is 20.2 Å². The number of hydrogen-bond acceptors (Lipinski definition) is 5. The van der Waals surface area contributed by atoms with Crippen LogP contribution in [0.15, 0.2) is 16.5 Å². The van der Waals surface area contributed by atoms with Gasteiger partial charge in [-0.3, -0.25) is 0 Å². The van der Waals surface area contributed by atoms with E-state index in [-0.39, 0.29) is 0 Å². The van der Waals surface area contributed by atoms with Crippen molar-refractivity contribution in [1.29, 1.82) is 0 Å². The van der Waals surface area contributed by atoms with Crippen molar-refractivity contribution < 1.29 is 14.3 Å². The van der Waals surface area contributed by atoms with Crippen LogP contribution in [0.25, 0.3) is 11.6 Å². The highest BCUT2D eigenvalue weighted by atomic mass is 16.4. The van der Waals surface area contributed by atoms with Gasteiger partial charge in [0.15, 0.2) is 11.8 Å².